The molecule has 1 saturated carbocycles. The van der Waals surface area contributed by atoms with E-state index in [1.54, 1.807) is 7.11 Å². The van der Waals surface area contributed by atoms with Gasteiger partial charge in [-0.3, -0.25) is 4.79 Å². The van der Waals surface area contributed by atoms with Crippen LogP contribution in [0, 0.1) is 0 Å². The molecule has 0 radical (unpaired) electrons. The molecule has 0 saturated heterocycles. The Hall–Kier alpha value is -1.55. The number of unbranched alkanes of at least 4 members (excludes halogenated alkanes) is 1. The molecule has 0 aromatic heterocycles. The van der Waals surface area contributed by atoms with Gasteiger partial charge in [0.1, 0.15) is 5.75 Å². The molecule has 1 aromatic rings. The van der Waals surface area contributed by atoms with Crippen molar-refractivity contribution in [3.8, 4) is 5.75 Å². The highest BCUT2D eigenvalue weighted by atomic mass is 16.5. The number of nitrogens with zero attached hydrogens (tertiary/aromatic N) is 1. The SMILES string of the molecule is COc1ccc(CN(C(=O)CCCCN)C2CC2)cc1. The van der Waals surface area contributed by atoms with Gasteiger partial charge in [-0.25, -0.2) is 0 Å². The van der Waals surface area contributed by atoms with Crippen molar-refractivity contribution in [2.45, 2.75) is 44.7 Å². The van der Waals surface area contributed by atoms with Gasteiger partial charge in [-0.2, -0.15) is 0 Å². The Balaban J connectivity index is 1.92. The second-order valence-electron chi connectivity index (χ2n) is 5.35. The van der Waals surface area contributed by atoms with Crippen molar-refractivity contribution in [1.29, 1.82) is 0 Å². The molecule has 0 spiro atoms. The molecule has 0 atom stereocenters. The maximum atomic E-state index is 12.3. The third-order valence-electron chi connectivity index (χ3n) is 3.66. The summed E-state index contributed by atoms with van der Waals surface area (Å²) in [5.41, 5.74) is 6.63. The van der Waals surface area contributed by atoms with Gasteiger partial charge < -0.3 is 15.4 Å². The fourth-order valence-electron chi connectivity index (χ4n) is 2.30. The summed E-state index contributed by atoms with van der Waals surface area (Å²) < 4.78 is 5.15. The number of methoxy groups -OCH3 is 1. The Labute approximate surface area is 120 Å². The van der Waals surface area contributed by atoms with Crippen molar-refractivity contribution in [2.24, 2.45) is 5.73 Å². The molecule has 0 heterocycles. The number of hydrogen-bond acceptors (Lipinski definition) is 3. The van der Waals surface area contributed by atoms with E-state index < -0.39 is 0 Å². The quantitative estimate of drug-likeness (QED) is 0.741. The second kappa shape index (κ2) is 7.29. The zero-order valence-corrected chi connectivity index (χ0v) is 12.2. The number of carbonyl (C=O) groups is 1. The van der Waals surface area contributed by atoms with Crippen LogP contribution in [0.4, 0.5) is 0 Å². The number of ether oxygens (including phenoxy) is 1. The standard InChI is InChI=1S/C16H24N2O2/c1-20-15-9-5-13(6-10-15)12-18(14-7-8-14)16(19)4-2-3-11-17/h5-6,9-10,14H,2-4,7-8,11-12,17H2,1H3. The highest BCUT2D eigenvalue weighted by molar-refractivity contribution is 5.76. The van der Waals surface area contributed by atoms with Crippen molar-refractivity contribution < 1.29 is 9.53 Å². The minimum Gasteiger partial charge on any atom is -0.497 e. The Morgan fingerprint density at radius 1 is 1.30 bits per heavy atom. The molecule has 1 aliphatic rings. The second-order valence-corrected chi connectivity index (χ2v) is 5.35. The highest BCUT2D eigenvalue weighted by Crippen LogP contribution is 2.29. The van der Waals surface area contributed by atoms with E-state index in [0.29, 0.717) is 25.6 Å². The van der Waals surface area contributed by atoms with Gasteiger partial charge >= 0.3 is 0 Å². The molecule has 1 amide bonds. The lowest BCUT2D eigenvalue weighted by atomic mass is 10.1. The fourth-order valence-corrected chi connectivity index (χ4v) is 2.30. The van der Waals surface area contributed by atoms with Gasteiger partial charge in [-0.15, -0.1) is 0 Å². The Morgan fingerprint density at radius 3 is 2.55 bits per heavy atom. The van der Waals surface area contributed by atoms with Crippen molar-refractivity contribution in [2.75, 3.05) is 13.7 Å². The lowest BCUT2D eigenvalue weighted by Gasteiger charge is -2.22. The molecule has 1 aliphatic carbocycles. The van der Waals surface area contributed by atoms with E-state index in [-0.39, 0.29) is 5.91 Å². The van der Waals surface area contributed by atoms with Gasteiger partial charge in [0, 0.05) is 19.0 Å². The van der Waals surface area contributed by atoms with Crippen LogP contribution in [0.3, 0.4) is 0 Å². The molecule has 1 aromatic carbocycles. The first-order chi connectivity index (χ1) is 9.74. The summed E-state index contributed by atoms with van der Waals surface area (Å²) in [4.78, 5) is 14.3. The maximum absolute atomic E-state index is 12.3. The van der Waals surface area contributed by atoms with E-state index >= 15 is 0 Å². The summed E-state index contributed by atoms with van der Waals surface area (Å²) in [5, 5.41) is 0. The molecule has 0 unspecified atom stereocenters. The number of amides is 1. The van der Waals surface area contributed by atoms with Gasteiger partial charge in [0.05, 0.1) is 7.11 Å². The zero-order valence-electron chi connectivity index (χ0n) is 12.2. The Morgan fingerprint density at radius 2 is 2.00 bits per heavy atom. The van der Waals surface area contributed by atoms with Crippen LogP contribution in [0.5, 0.6) is 5.75 Å². The van der Waals surface area contributed by atoms with E-state index in [1.807, 2.05) is 29.2 Å². The van der Waals surface area contributed by atoms with Crippen molar-refractivity contribution in [3.63, 3.8) is 0 Å². The summed E-state index contributed by atoms with van der Waals surface area (Å²) in [7, 11) is 1.66. The van der Waals surface area contributed by atoms with Crippen LogP contribution in [-0.2, 0) is 11.3 Å². The van der Waals surface area contributed by atoms with Gasteiger partial charge in [0.2, 0.25) is 5.91 Å². The third-order valence-corrected chi connectivity index (χ3v) is 3.66. The van der Waals surface area contributed by atoms with Gasteiger partial charge in [-0.05, 0) is 49.9 Å². The first-order valence-electron chi connectivity index (χ1n) is 7.37. The summed E-state index contributed by atoms with van der Waals surface area (Å²) in [6, 6.07) is 8.39. The molecule has 2 rings (SSSR count). The van der Waals surface area contributed by atoms with Crippen molar-refractivity contribution in [1.82, 2.24) is 4.90 Å². The van der Waals surface area contributed by atoms with E-state index in [1.165, 1.54) is 0 Å². The van der Waals surface area contributed by atoms with E-state index in [2.05, 4.69) is 0 Å². The van der Waals surface area contributed by atoms with Crippen LogP contribution >= 0.6 is 0 Å². The minimum atomic E-state index is 0.261. The smallest absolute Gasteiger partial charge is 0.223 e. The molecular formula is C16H24N2O2. The average Bonchev–Trinajstić information content (AvgIpc) is 3.30. The Kier molecular flexibility index (Phi) is 5.41. The highest BCUT2D eigenvalue weighted by Gasteiger charge is 2.31. The van der Waals surface area contributed by atoms with E-state index in [0.717, 1.165) is 37.0 Å². The van der Waals surface area contributed by atoms with Gasteiger partial charge in [0.15, 0.2) is 0 Å². The largest absolute Gasteiger partial charge is 0.497 e. The molecular weight excluding hydrogens is 252 g/mol. The topological polar surface area (TPSA) is 55.6 Å². The molecule has 0 aliphatic heterocycles. The lowest BCUT2D eigenvalue weighted by Crippen LogP contribution is -2.32. The monoisotopic (exact) mass is 276 g/mol. The van der Waals surface area contributed by atoms with Gasteiger partial charge in [-0.1, -0.05) is 12.1 Å². The third kappa shape index (κ3) is 4.23. The number of benzene rings is 1. The normalized spacial score (nSPS) is 14.1. The van der Waals surface area contributed by atoms with Crippen molar-refractivity contribution >= 4 is 5.91 Å². The predicted molar refractivity (Wildman–Crippen MR) is 79.5 cm³/mol. The van der Waals surface area contributed by atoms with Crippen molar-refractivity contribution in [3.05, 3.63) is 29.8 Å². The molecule has 4 nitrogen and oxygen atoms in total. The maximum Gasteiger partial charge on any atom is 0.223 e. The Bertz CT molecular complexity index is 427. The van der Waals surface area contributed by atoms with Crippen LogP contribution in [0.25, 0.3) is 0 Å². The van der Waals surface area contributed by atoms with Crippen LogP contribution in [-0.4, -0.2) is 30.5 Å². The zero-order chi connectivity index (χ0) is 14.4. The molecule has 4 heteroatoms. The van der Waals surface area contributed by atoms with E-state index in [4.69, 9.17) is 10.5 Å². The fraction of sp³-hybridized carbons (Fsp3) is 0.562. The minimum absolute atomic E-state index is 0.261. The molecule has 20 heavy (non-hydrogen) atoms. The van der Waals surface area contributed by atoms with Crippen LogP contribution < -0.4 is 10.5 Å². The summed E-state index contributed by atoms with van der Waals surface area (Å²) in [6.07, 6.45) is 4.70. The summed E-state index contributed by atoms with van der Waals surface area (Å²) in [6.45, 7) is 1.37. The van der Waals surface area contributed by atoms with Crippen LogP contribution in [0.15, 0.2) is 24.3 Å². The number of carbonyl (C=O) groups excluding carboxylic acids is 1. The molecule has 110 valence electrons. The average molecular weight is 276 g/mol. The first-order valence-corrected chi connectivity index (χ1v) is 7.37. The molecule has 0 bridgehead atoms. The van der Waals surface area contributed by atoms with E-state index in [9.17, 15) is 4.79 Å². The summed E-state index contributed by atoms with van der Waals surface area (Å²) in [5.74, 6) is 1.11. The molecule has 2 N–H and O–H groups in total. The number of hydrogen-bond donors (Lipinski definition) is 1. The summed E-state index contributed by atoms with van der Waals surface area (Å²) >= 11 is 0. The number of rotatable bonds is 8. The lowest BCUT2D eigenvalue weighted by molar-refractivity contribution is -0.132. The number of nitrogens with two attached hydrogens (primary N) is 1. The van der Waals surface area contributed by atoms with Crippen LogP contribution in [0.2, 0.25) is 0 Å². The van der Waals surface area contributed by atoms with Crippen LogP contribution in [0.1, 0.15) is 37.7 Å². The molecule has 1 fully saturated rings. The first kappa shape index (κ1) is 14.9. The van der Waals surface area contributed by atoms with Gasteiger partial charge in [0.25, 0.3) is 0 Å². The predicted octanol–water partition coefficient (Wildman–Crippen LogP) is 2.32.